The van der Waals surface area contributed by atoms with E-state index in [0.29, 0.717) is 5.75 Å². The van der Waals surface area contributed by atoms with Gasteiger partial charge in [0.2, 0.25) is 0 Å². The number of hydrogen-bond acceptors (Lipinski definition) is 3. The minimum atomic E-state index is -0.516. The summed E-state index contributed by atoms with van der Waals surface area (Å²) in [5.41, 5.74) is 7.58. The molecule has 0 aliphatic rings. The molecule has 0 aliphatic carbocycles. The zero-order valence-corrected chi connectivity index (χ0v) is 11.1. The lowest BCUT2D eigenvalue weighted by Gasteiger charge is -2.09. The minimum absolute atomic E-state index is 0.0145. The Bertz CT molecular complexity index is 630. The fourth-order valence-corrected chi connectivity index (χ4v) is 1.78. The van der Waals surface area contributed by atoms with Crippen molar-refractivity contribution in [1.82, 2.24) is 0 Å². The molecule has 2 aromatic carbocycles. The molecule has 0 fully saturated rings. The maximum absolute atomic E-state index is 13.2. The Labute approximate surface area is 117 Å². The lowest BCUT2D eigenvalue weighted by Crippen LogP contribution is -2.04. The fraction of sp³-hybridized carbons (Fsp3) is 0.188. The predicted molar refractivity (Wildman–Crippen MR) is 74.5 cm³/mol. The molecule has 20 heavy (non-hydrogen) atoms. The van der Waals surface area contributed by atoms with Crippen LogP contribution in [0, 0.1) is 17.1 Å². The molecule has 0 radical (unpaired) electrons. The molecule has 1 unspecified atom stereocenters. The molecule has 102 valence electrons. The van der Waals surface area contributed by atoms with Crippen molar-refractivity contribution in [3.63, 3.8) is 0 Å². The first kappa shape index (κ1) is 14.0. The Kier molecular flexibility index (Phi) is 4.34. The first-order valence-electron chi connectivity index (χ1n) is 6.27. The third kappa shape index (κ3) is 3.34. The highest BCUT2D eigenvalue weighted by Gasteiger charge is 2.04. The number of benzene rings is 2. The number of rotatable bonds is 4. The molecule has 0 aliphatic heterocycles. The molecule has 1 atom stereocenters. The average molecular weight is 270 g/mol. The molecule has 0 saturated carbocycles. The van der Waals surface area contributed by atoms with E-state index in [9.17, 15) is 4.39 Å². The van der Waals surface area contributed by atoms with Crippen LogP contribution in [-0.2, 0) is 6.61 Å². The van der Waals surface area contributed by atoms with Crippen molar-refractivity contribution in [2.75, 3.05) is 0 Å². The van der Waals surface area contributed by atoms with Crippen LogP contribution in [0.1, 0.15) is 29.7 Å². The van der Waals surface area contributed by atoms with Gasteiger partial charge in [0.15, 0.2) is 0 Å². The van der Waals surface area contributed by atoms with Gasteiger partial charge in [-0.3, -0.25) is 0 Å². The van der Waals surface area contributed by atoms with E-state index in [1.807, 2.05) is 37.3 Å². The summed E-state index contributed by atoms with van der Waals surface area (Å²) in [6, 6.07) is 13.7. The van der Waals surface area contributed by atoms with E-state index in [-0.39, 0.29) is 18.2 Å². The zero-order valence-electron chi connectivity index (χ0n) is 11.1. The molecule has 0 aromatic heterocycles. The van der Waals surface area contributed by atoms with Crippen LogP contribution in [0.3, 0.4) is 0 Å². The molecule has 0 amide bonds. The maximum Gasteiger partial charge on any atom is 0.140 e. The van der Waals surface area contributed by atoms with Crippen LogP contribution in [0.25, 0.3) is 0 Å². The summed E-state index contributed by atoms with van der Waals surface area (Å²) < 4.78 is 18.8. The van der Waals surface area contributed by atoms with Gasteiger partial charge in [0.25, 0.3) is 0 Å². The largest absolute Gasteiger partial charge is 0.489 e. The summed E-state index contributed by atoms with van der Waals surface area (Å²) in [5.74, 6) is 0.190. The molecule has 2 rings (SSSR count). The summed E-state index contributed by atoms with van der Waals surface area (Å²) >= 11 is 0. The second kappa shape index (κ2) is 6.18. The molecule has 3 nitrogen and oxygen atoms in total. The molecule has 0 spiro atoms. The number of nitrogens with zero attached hydrogens (tertiary/aromatic N) is 1. The van der Waals surface area contributed by atoms with Gasteiger partial charge in [-0.1, -0.05) is 18.2 Å². The van der Waals surface area contributed by atoms with Crippen LogP contribution in [0.2, 0.25) is 0 Å². The standard InChI is InChI=1S/C16H15FN2O/c1-11(19)13-3-5-15(6-4-13)20-10-12-2-7-16(17)14(8-12)9-18/h2-8,11H,10,19H2,1H3. The van der Waals surface area contributed by atoms with Gasteiger partial charge in [-0.15, -0.1) is 0 Å². The SMILES string of the molecule is CC(N)c1ccc(OCc2ccc(F)c(C#N)c2)cc1. The van der Waals surface area contributed by atoms with Crippen LogP contribution in [0.4, 0.5) is 4.39 Å². The first-order chi connectivity index (χ1) is 9.60. The summed E-state index contributed by atoms with van der Waals surface area (Å²) in [4.78, 5) is 0. The molecule has 2 aromatic rings. The van der Waals surface area contributed by atoms with Gasteiger partial charge >= 0.3 is 0 Å². The zero-order chi connectivity index (χ0) is 14.5. The van der Waals surface area contributed by atoms with Gasteiger partial charge in [0.1, 0.15) is 24.2 Å². The second-order valence-electron chi connectivity index (χ2n) is 4.57. The van der Waals surface area contributed by atoms with Crippen molar-refractivity contribution < 1.29 is 9.13 Å². The van der Waals surface area contributed by atoms with E-state index in [2.05, 4.69) is 0 Å². The number of halogens is 1. The monoisotopic (exact) mass is 270 g/mol. The number of nitriles is 1. The highest BCUT2D eigenvalue weighted by atomic mass is 19.1. The van der Waals surface area contributed by atoms with Crippen molar-refractivity contribution in [3.05, 3.63) is 65.0 Å². The van der Waals surface area contributed by atoms with Gasteiger partial charge in [0, 0.05) is 6.04 Å². The van der Waals surface area contributed by atoms with E-state index in [0.717, 1.165) is 11.1 Å². The molecule has 4 heteroatoms. The topological polar surface area (TPSA) is 59.0 Å². The van der Waals surface area contributed by atoms with Crippen molar-refractivity contribution >= 4 is 0 Å². The number of hydrogen-bond donors (Lipinski definition) is 1. The van der Waals surface area contributed by atoms with Crippen LogP contribution < -0.4 is 10.5 Å². The van der Waals surface area contributed by atoms with Crippen molar-refractivity contribution in [3.8, 4) is 11.8 Å². The van der Waals surface area contributed by atoms with Crippen molar-refractivity contribution in [1.29, 1.82) is 5.26 Å². The summed E-state index contributed by atoms with van der Waals surface area (Å²) in [6.07, 6.45) is 0. The Hall–Kier alpha value is -2.38. The van der Waals surface area contributed by atoms with Crippen LogP contribution in [0.5, 0.6) is 5.75 Å². The summed E-state index contributed by atoms with van der Waals surface area (Å²) in [5, 5.41) is 8.77. The highest BCUT2D eigenvalue weighted by Crippen LogP contribution is 2.18. The molecule has 0 bridgehead atoms. The Morgan fingerprint density at radius 2 is 1.95 bits per heavy atom. The maximum atomic E-state index is 13.2. The average Bonchev–Trinajstić information content (AvgIpc) is 2.46. The number of nitrogens with two attached hydrogens (primary N) is 1. The molecule has 2 N–H and O–H groups in total. The van der Waals surface area contributed by atoms with E-state index < -0.39 is 5.82 Å². The molecular weight excluding hydrogens is 255 g/mol. The van der Waals surface area contributed by atoms with Gasteiger partial charge in [-0.25, -0.2) is 4.39 Å². The lowest BCUT2D eigenvalue weighted by atomic mass is 10.1. The third-order valence-corrected chi connectivity index (χ3v) is 2.96. The smallest absolute Gasteiger partial charge is 0.140 e. The quantitative estimate of drug-likeness (QED) is 0.927. The first-order valence-corrected chi connectivity index (χ1v) is 6.27. The van der Waals surface area contributed by atoms with Crippen molar-refractivity contribution in [2.45, 2.75) is 19.6 Å². The Morgan fingerprint density at radius 1 is 1.25 bits per heavy atom. The fourth-order valence-electron chi connectivity index (χ4n) is 1.78. The minimum Gasteiger partial charge on any atom is -0.489 e. The van der Waals surface area contributed by atoms with E-state index in [1.165, 1.54) is 12.1 Å². The van der Waals surface area contributed by atoms with Gasteiger partial charge in [-0.2, -0.15) is 5.26 Å². The lowest BCUT2D eigenvalue weighted by molar-refractivity contribution is 0.306. The highest BCUT2D eigenvalue weighted by molar-refractivity contribution is 5.34. The van der Waals surface area contributed by atoms with Crippen LogP contribution in [0.15, 0.2) is 42.5 Å². The molecule has 0 saturated heterocycles. The Morgan fingerprint density at radius 3 is 2.55 bits per heavy atom. The van der Waals surface area contributed by atoms with E-state index in [1.54, 1.807) is 6.07 Å². The normalized spacial score (nSPS) is 11.7. The van der Waals surface area contributed by atoms with Crippen LogP contribution in [-0.4, -0.2) is 0 Å². The van der Waals surface area contributed by atoms with E-state index >= 15 is 0 Å². The van der Waals surface area contributed by atoms with Crippen LogP contribution >= 0.6 is 0 Å². The molecular formula is C16H15FN2O. The number of ether oxygens (including phenoxy) is 1. The van der Waals surface area contributed by atoms with Gasteiger partial charge in [0.05, 0.1) is 5.56 Å². The predicted octanol–water partition coefficient (Wildman–Crippen LogP) is 3.30. The van der Waals surface area contributed by atoms with E-state index in [4.69, 9.17) is 15.7 Å². The van der Waals surface area contributed by atoms with Crippen molar-refractivity contribution in [2.24, 2.45) is 5.73 Å². The third-order valence-electron chi connectivity index (χ3n) is 2.96. The second-order valence-corrected chi connectivity index (χ2v) is 4.57. The summed E-state index contributed by atoms with van der Waals surface area (Å²) in [7, 11) is 0. The van der Waals surface area contributed by atoms with Gasteiger partial charge < -0.3 is 10.5 Å². The summed E-state index contributed by atoms with van der Waals surface area (Å²) in [6.45, 7) is 2.20. The Balaban J connectivity index is 2.03. The molecule has 0 heterocycles. The van der Waals surface area contributed by atoms with Gasteiger partial charge in [-0.05, 0) is 42.3 Å².